The fourth-order valence-electron chi connectivity index (χ4n) is 9.63. The van der Waals surface area contributed by atoms with E-state index in [0.717, 1.165) is 80.6 Å². The Morgan fingerprint density at radius 3 is 2.53 bits per heavy atom. The molecule has 4 N–H and O–H groups in total. The number of halogens is 1. The van der Waals surface area contributed by atoms with Gasteiger partial charge in [-0.15, -0.1) is 4.67 Å². The first-order chi connectivity index (χ1) is 32.5. The molecule has 0 radical (unpaired) electrons. The number of carbonyl (C=O) groups is 1. The maximum Gasteiger partial charge on any atom is 0.342 e. The molecule has 1 amide bonds. The lowest BCUT2D eigenvalue weighted by Crippen LogP contribution is -2.47. The summed E-state index contributed by atoms with van der Waals surface area (Å²) in [6.45, 7) is 12.8. The molecule has 1 aliphatic carbocycles. The van der Waals surface area contributed by atoms with Crippen LogP contribution in [0.2, 0.25) is 5.02 Å². The van der Waals surface area contributed by atoms with Crippen molar-refractivity contribution < 1.29 is 32.3 Å². The third-order valence-electron chi connectivity index (χ3n) is 13.4. The molecule has 2 saturated heterocycles. The first-order valence-electron chi connectivity index (χ1n) is 23.1. The molecule has 360 valence electrons. The number of nitro benzene ring substituents is 1. The smallest absolute Gasteiger partial charge is 0.342 e. The second-order valence-electron chi connectivity index (χ2n) is 18.7. The SMILES string of the molecule is CC1(C)CCC(CN2CCN(c3ccc(C(=O)NS(=O)(=O)c4ccc(NCCN5CCCO[P+]5(C)O)c([N+](=O)[O-])c4)c(N4CCCOc5nc6[nH]ccc6cc54)c3)CC2)=C(c2ccc(Cl)cc2)C1. The number of nitrogens with zero attached hydrogens (tertiary/aromatic N) is 6. The Labute approximate surface area is 402 Å². The highest BCUT2D eigenvalue weighted by atomic mass is 35.5. The van der Waals surface area contributed by atoms with E-state index in [-0.39, 0.29) is 23.2 Å². The van der Waals surface area contributed by atoms with Crippen molar-refractivity contribution in [2.24, 2.45) is 5.41 Å². The summed E-state index contributed by atoms with van der Waals surface area (Å²) in [4.78, 5) is 50.9. The lowest BCUT2D eigenvalue weighted by molar-refractivity contribution is -0.384. The fourth-order valence-corrected chi connectivity index (χ4v) is 12.4. The summed E-state index contributed by atoms with van der Waals surface area (Å²) in [5.41, 5.74) is 6.66. The minimum Gasteiger partial charge on any atom is -0.476 e. The molecule has 17 nitrogen and oxygen atoms in total. The normalized spacial score (nSPS) is 20.4. The second-order valence-corrected chi connectivity index (χ2v) is 23.4. The number of aromatic amines is 1. The predicted octanol–water partition coefficient (Wildman–Crippen LogP) is 8.47. The number of hydrogen-bond donors (Lipinski definition) is 4. The van der Waals surface area contributed by atoms with E-state index in [4.69, 9.17) is 25.8 Å². The Hall–Kier alpha value is -5.33. The van der Waals surface area contributed by atoms with Gasteiger partial charge in [0.05, 0.1) is 40.8 Å². The monoisotopic (exact) mass is 986 g/mol. The Bertz CT molecular complexity index is 2850. The second kappa shape index (κ2) is 19.6. The number of hydrogen-bond acceptors (Lipinski definition) is 14. The van der Waals surface area contributed by atoms with Gasteiger partial charge in [-0.25, -0.2) is 18.0 Å². The van der Waals surface area contributed by atoms with Crippen LogP contribution in [0, 0.1) is 15.5 Å². The van der Waals surface area contributed by atoms with Gasteiger partial charge in [0, 0.05) is 80.7 Å². The summed E-state index contributed by atoms with van der Waals surface area (Å²) in [5.74, 6) is -0.519. The molecular weight excluding hydrogens is 929 g/mol. The third-order valence-corrected chi connectivity index (χ3v) is 17.1. The van der Waals surface area contributed by atoms with E-state index in [2.05, 4.69) is 50.8 Å². The molecular formula is C48H58ClN9O8PS+. The van der Waals surface area contributed by atoms with Gasteiger partial charge in [0.1, 0.15) is 23.7 Å². The maximum atomic E-state index is 14.4. The maximum absolute atomic E-state index is 14.4. The zero-order valence-electron chi connectivity index (χ0n) is 38.5. The predicted molar refractivity (Wildman–Crippen MR) is 268 cm³/mol. The van der Waals surface area contributed by atoms with E-state index in [0.29, 0.717) is 62.2 Å². The molecule has 3 aromatic carbocycles. The van der Waals surface area contributed by atoms with Crippen LogP contribution in [0.5, 0.6) is 5.88 Å². The molecule has 1 unspecified atom stereocenters. The molecule has 0 saturated carbocycles. The number of benzene rings is 3. The van der Waals surface area contributed by atoms with E-state index >= 15 is 0 Å². The molecule has 5 heterocycles. The van der Waals surface area contributed by atoms with Crippen LogP contribution in [0.25, 0.3) is 16.6 Å². The number of amides is 1. The molecule has 2 fully saturated rings. The Morgan fingerprint density at radius 2 is 1.76 bits per heavy atom. The number of allylic oxidation sites excluding steroid dienone is 1. The summed E-state index contributed by atoms with van der Waals surface area (Å²) in [7, 11) is -7.34. The van der Waals surface area contributed by atoms with Crippen LogP contribution in [0.15, 0.2) is 89.5 Å². The van der Waals surface area contributed by atoms with Crippen LogP contribution in [0.4, 0.5) is 28.4 Å². The zero-order chi connectivity index (χ0) is 47.8. The Kier molecular flexibility index (Phi) is 13.7. The van der Waals surface area contributed by atoms with Crippen molar-refractivity contribution in [3.8, 4) is 5.88 Å². The molecule has 3 aliphatic heterocycles. The average molecular weight is 988 g/mol. The van der Waals surface area contributed by atoms with Crippen LogP contribution in [0.1, 0.15) is 61.9 Å². The van der Waals surface area contributed by atoms with Crippen molar-refractivity contribution in [1.82, 2.24) is 24.3 Å². The molecule has 68 heavy (non-hydrogen) atoms. The molecule has 5 aromatic rings. The lowest BCUT2D eigenvalue weighted by atomic mass is 9.72. The number of pyridine rings is 1. The van der Waals surface area contributed by atoms with E-state index in [1.807, 2.05) is 46.0 Å². The third kappa shape index (κ3) is 10.5. The number of nitrogens with one attached hydrogen (secondary N) is 3. The summed E-state index contributed by atoms with van der Waals surface area (Å²) in [6, 6.07) is 20.9. The van der Waals surface area contributed by atoms with Crippen molar-refractivity contribution in [2.75, 3.05) is 93.9 Å². The average Bonchev–Trinajstić information content (AvgIpc) is 3.67. The molecule has 4 aliphatic rings. The van der Waals surface area contributed by atoms with Crippen LogP contribution >= 0.6 is 19.5 Å². The number of anilines is 4. The Balaban J connectivity index is 0.971. The van der Waals surface area contributed by atoms with Gasteiger partial charge in [-0.1, -0.05) is 43.2 Å². The zero-order valence-corrected chi connectivity index (χ0v) is 41.0. The summed E-state index contributed by atoms with van der Waals surface area (Å²) in [6.07, 6.45) is 6.31. The van der Waals surface area contributed by atoms with Gasteiger partial charge >= 0.3 is 7.87 Å². The van der Waals surface area contributed by atoms with E-state index in [9.17, 15) is 28.2 Å². The molecule has 0 bridgehead atoms. The number of nitro groups is 1. The number of ether oxygens (including phenoxy) is 1. The largest absolute Gasteiger partial charge is 0.476 e. The van der Waals surface area contributed by atoms with Gasteiger partial charge in [0.25, 0.3) is 21.6 Å². The van der Waals surface area contributed by atoms with E-state index in [1.165, 1.54) is 28.8 Å². The number of rotatable bonds is 13. The number of carbonyl (C=O) groups excluding carboxylic acids is 1. The van der Waals surface area contributed by atoms with Crippen molar-refractivity contribution in [3.05, 3.63) is 111 Å². The summed E-state index contributed by atoms with van der Waals surface area (Å²) >= 11 is 6.27. The van der Waals surface area contributed by atoms with Gasteiger partial charge < -0.3 is 24.8 Å². The standard InChI is InChI=1S/C48H57ClN9O8PS/c1-48(2)16-14-35(40(31-48)33-6-8-36(49)9-7-33)32-54-22-24-55(25-23-54)37-10-12-39(42(29-37)57-20-5-26-65-47-44(57)28-34-15-17-51-45(34)52-47)46(59)53-68(63,64)38-11-13-41(43(30-38)58(60)61)50-18-21-56-19-4-27-66-67(56,3)62/h6-13,15,17,28-30,50,62H,4-5,14,16,18-27,31-32H2,1-3H3,(H-,51,52,53,59)/p+1. The van der Waals surface area contributed by atoms with Gasteiger partial charge in [0.15, 0.2) is 0 Å². The van der Waals surface area contributed by atoms with Gasteiger partial charge in [0.2, 0.25) is 5.88 Å². The highest BCUT2D eigenvalue weighted by molar-refractivity contribution is 7.90. The quantitative estimate of drug-likeness (QED) is 0.0498. The number of aromatic nitrogens is 2. The number of piperazine rings is 1. The van der Waals surface area contributed by atoms with Crippen LogP contribution in [-0.4, -0.2) is 122 Å². The van der Waals surface area contributed by atoms with Crippen LogP contribution < -0.4 is 24.6 Å². The van der Waals surface area contributed by atoms with Crippen molar-refractivity contribution in [1.29, 1.82) is 0 Å². The summed E-state index contributed by atoms with van der Waals surface area (Å²) in [5, 5.41) is 16.8. The molecule has 1 atom stereocenters. The van der Waals surface area contributed by atoms with E-state index < -0.39 is 39.3 Å². The minimum absolute atomic E-state index is 0.0908. The Morgan fingerprint density at radius 1 is 0.985 bits per heavy atom. The van der Waals surface area contributed by atoms with E-state index in [1.54, 1.807) is 18.9 Å². The molecule has 9 rings (SSSR count). The van der Waals surface area contributed by atoms with Gasteiger partial charge in [-0.2, -0.15) is 9.51 Å². The van der Waals surface area contributed by atoms with Gasteiger partial charge in [-0.3, -0.25) is 19.8 Å². The molecule has 2 aromatic heterocycles. The van der Waals surface area contributed by atoms with Crippen LogP contribution in [-0.2, 0) is 14.5 Å². The fraction of sp³-hybridized carbons (Fsp3) is 0.417. The lowest BCUT2D eigenvalue weighted by Gasteiger charge is -2.39. The highest BCUT2D eigenvalue weighted by Gasteiger charge is 2.42. The first-order valence-corrected chi connectivity index (χ1v) is 27.0. The molecule has 20 heteroatoms. The summed E-state index contributed by atoms with van der Waals surface area (Å²) < 4.78 is 43.7. The first kappa shape index (κ1) is 47.7. The minimum atomic E-state index is -4.62. The van der Waals surface area contributed by atoms with Crippen molar-refractivity contribution >= 4 is 80.4 Å². The highest BCUT2D eigenvalue weighted by Crippen LogP contribution is 2.57. The van der Waals surface area contributed by atoms with Gasteiger partial charge in [-0.05, 0) is 103 Å². The van der Waals surface area contributed by atoms with Crippen molar-refractivity contribution in [2.45, 2.75) is 50.8 Å². The number of fused-ring (bicyclic) bond motifs is 2. The number of sulfonamides is 1. The van der Waals surface area contributed by atoms with Crippen LogP contribution in [0.3, 0.4) is 0 Å². The topological polar surface area (TPSA) is 199 Å². The molecule has 0 spiro atoms. The number of H-pyrrole nitrogens is 1. The van der Waals surface area contributed by atoms with Crippen molar-refractivity contribution in [3.63, 3.8) is 0 Å².